The van der Waals surface area contributed by atoms with E-state index in [0.29, 0.717) is 12.0 Å². The highest BCUT2D eigenvalue weighted by atomic mass is 35.5. The molecule has 2 aromatic rings. The smallest absolute Gasteiger partial charge is 0.0464 e. The second-order valence-electron chi connectivity index (χ2n) is 9.53. The van der Waals surface area contributed by atoms with Gasteiger partial charge >= 0.3 is 0 Å². The van der Waals surface area contributed by atoms with E-state index in [9.17, 15) is 0 Å². The Hall–Kier alpha value is -1.35. The third-order valence-corrected chi connectivity index (χ3v) is 7.56. The van der Waals surface area contributed by atoms with E-state index in [2.05, 4.69) is 92.2 Å². The molecule has 0 spiro atoms. The van der Waals surface area contributed by atoms with Crippen molar-refractivity contribution in [2.45, 2.75) is 70.9 Å². The standard InChI is InChI=1S/C28H41ClN2/c1-5-19-31(20-6-2)28(25-12-14-26(29)15-13-25)18-16-27(23(3)22-28)30(4)21-17-24-10-8-7-9-11-24/h7-15,23,27H,5-6,16-22H2,1-4H3. The highest BCUT2D eigenvalue weighted by Crippen LogP contribution is 2.46. The van der Waals surface area contributed by atoms with Crippen molar-refractivity contribution in [2.24, 2.45) is 5.92 Å². The maximum atomic E-state index is 6.26. The fraction of sp³-hybridized carbons (Fsp3) is 0.571. The molecule has 0 radical (unpaired) electrons. The van der Waals surface area contributed by atoms with Crippen LogP contribution in [0.5, 0.6) is 0 Å². The Bertz CT molecular complexity index is 769. The van der Waals surface area contributed by atoms with Gasteiger partial charge in [0.2, 0.25) is 0 Å². The van der Waals surface area contributed by atoms with Gasteiger partial charge in [0, 0.05) is 23.1 Å². The Labute approximate surface area is 195 Å². The average molecular weight is 441 g/mol. The van der Waals surface area contributed by atoms with Crippen LogP contribution in [-0.4, -0.2) is 42.5 Å². The number of hydrogen-bond donors (Lipinski definition) is 0. The summed E-state index contributed by atoms with van der Waals surface area (Å²) in [6, 6.07) is 20.3. The van der Waals surface area contributed by atoms with E-state index < -0.39 is 0 Å². The number of benzene rings is 2. The molecule has 0 N–H and O–H groups in total. The van der Waals surface area contributed by atoms with Crippen molar-refractivity contribution in [1.82, 2.24) is 9.80 Å². The molecular formula is C28H41ClN2. The molecule has 0 amide bonds. The van der Waals surface area contributed by atoms with Gasteiger partial charge in [-0.3, -0.25) is 4.90 Å². The second kappa shape index (κ2) is 11.5. The Morgan fingerprint density at radius 3 is 2.16 bits per heavy atom. The highest BCUT2D eigenvalue weighted by molar-refractivity contribution is 6.30. The first kappa shape index (κ1) is 24.3. The van der Waals surface area contributed by atoms with E-state index in [1.54, 1.807) is 0 Å². The van der Waals surface area contributed by atoms with E-state index in [0.717, 1.165) is 31.1 Å². The Morgan fingerprint density at radius 2 is 1.58 bits per heavy atom. The lowest BCUT2D eigenvalue weighted by Crippen LogP contribution is -2.54. The van der Waals surface area contributed by atoms with Gasteiger partial charge in [0.15, 0.2) is 0 Å². The van der Waals surface area contributed by atoms with E-state index in [-0.39, 0.29) is 5.54 Å². The van der Waals surface area contributed by atoms with Crippen molar-refractivity contribution in [3.63, 3.8) is 0 Å². The van der Waals surface area contributed by atoms with Crippen molar-refractivity contribution in [3.8, 4) is 0 Å². The minimum atomic E-state index is 0.132. The molecule has 1 fully saturated rings. The van der Waals surface area contributed by atoms with E-state index in [1.807, 2.05) is 0 Å². The minimum absolute atomic E-state index is 0.132. The van der Waals surface area contributed by atoms with Crippen molar-refractivity contribution >= 4 is 11.6 Å². The van der Waals surface area contributed by atoms with Crippen LogP contribution in [0.25, 0.3) is 0 Å². The summed E-state index contributed by atoms with van der Waals surface area (Å²) in [6.07, 6.45) is 7.21. The van der Waals surface area contributed by atoms with Gasteiger partial charge < -0.3 is 4.90 Å². The van der Waals surface area contributed by atoms with Crippen molar-refractivity contribution in [1.29, 1.82) is 0 Å². The van der Waals surface area contributed by atoms with Crippen LogP contribution >= 0.6 is 11.6 Å². The van der Waals surface area contributed by atoms with E-state index in [1.165, 1.54) is 43.2 Å². The van der Waals surface area contributed by atoms with Crippen LogP contribution in [0, 0.1) is 5.92 Å². The van der Waals surface area contributed by atoms with Crippen LogP contribution in [0.4, 0.5) is 0 Å². The van der Waals surface area contributed by atoms with Crippen LogP contribution in [-0.2, 0) is 12.0 Å². The average Bonchev–Trinajstić information content (AvgIpc) is 2.78. The fourth-order valence-electron chi connectivity index (χ4n) is 5.78. The predicted octanol–water partition coefficient (Wildman–Crippen LogP) is 7.02. The molecule has 2 nitrogen and oxygen atoms in total. The Balaban J connectivity index is 1.77. The van der Waals surface area contributed by atoms with Crippen LogP contribution < -0.4 is 0 Å². The molecule has 3 rings (SSSR count). The summed E-state index contributed by atoms with van der Waals surface area (Å²) in [6.45, 7) is 10.6. The van der Waals surface area contributed by atoms with Gasteiger partial charge in [0.05, 0.1) is 0 Å². The summed E-state index contributed by atoms with van der Waals surface area (Å²) < 4.78 is 0. The minimum Gasteiger partial charge on any atom is -0.303 e. The van der Waals surface area contributed by atoms with Crippen LogP contribution in [0.3, 0.4) is 0 Å². The normalized spacial score (nSPS) is 24.1. The summed E-state index contributed by atoms with van der Waals surface area (Å²) >= 11 is 6.26. The lowest BCUT2D eigenvalue weighted by atomic mass is 9.68. The zero-order valence-corrected chi connectivity index (χ0v) is 20.7. The van der Waals surface area contributed by atoms with Crippen molar-refractivity contribution in [3.05, 3.63) is 70.7 Å². The molecule has 1 aliphatic rings. The van der Waals surface area contributed by atoms with Gasteiger partial charge in [-0.05, 0) is 87.8 Å². The molecule has 0 aliphatic heterocycles. The molecule has 3 atom stereocenters. The molecule has 0 bridgehead atoms. The maximum Gasteiger partial charge on any atom is 0.0464 e. The molecule has 0 saturated heterocycles. The largest absolute Gasteiger partial charge is 0.303 e. The second-order valence-corrected chi connectivity index (χ2v) is 9.97. The molecule has 3 unspecified atom stereocenters. The summed E-state index contributed by atoms with van der Waals surface area (Å²) in [5.74, 6) is 0.654. The van der Waals surface area contributed by atoms with Gasteiger partial charge in [0.1, 0.15) is 0 Å². The Kier molecular flexibility index (Phi) is 9.01. The van der Waals surface area contributed by atoms with Crippen LogP contribution in [0.2, 0.25) is 5.02 Å². The molecule has 31 heavy (non-hydrogen) atoms. The number of hydrogen-bond acceptors (Lipinski definition) is 2. The topological polar surface area (TPSA) is 6.48 Å². The monoisotopic (exact) mass is 440 g/mol. The SMILES string of the molecule is CCCN(CCC)C1(c2ccc(Cl)cc2)CCC(N(C)CCc2ccccc2)C(C)C1. The molecule has 3 heteroatoms. The number of likely N-dealkylation sites (N-methyl/N-ethyl adjacent to an activating group) is 1. The molecular weight excluding hydrogens is 400 g/mol. The fourth-order valence-corrected chi connectivity index (χ4v) is 5.91. The van der Waals surface area contributed by atoms with E-state index >= 15 is 0 Å². The predicted molar refractivity (Wildman–Crippen MR) is 135 cm³/mol. The first-order valence-electron chi connectivity index (χ1n) is 12.3. The third kappa shape index (κ3) is 5.92. The zero-order valence-electron chi connectivity index (χ0n) is 20.0. The number of halogens is 1. The molecule has 170 valence electrons. The zero-order chi connectivity index (χ0) is 22.3. The first-order valence-corrected chi connectivity index (χ1v) is 12.6. The summed E-state index contributed by atoms with van der Waals surface area (Å²) in [4.78, 5) is 5.40. The third-order valence-electron chi connectivity index (χ3n) is 7.31. The number of rotatable bonds is 10. The highest BCUT2D eigenvalue weighted by Gasteiger charge is 2.44. The molecule has 1 aliphatic carbocycles. The Morgan fingerprint density at radius 1 is 0.935 bits per heavy atom. The molecule has 0 heterocycles. The first-order chi connectivity index (χ1) is 15.0. The molecule has 2 aromatic carbocycles. The van der Waals surface area contributed by atoms with Crippen molar-refractivity contribution < 1.29 is 0 Å². The quantitative estimate of drug-likeness (QED) is 0.391. The maximum absolute atomic E-state index is 6.26. The lowest BCUT2D eigenvalue weighted by molar-refractivity contribution is -0.00625. The number of nitrogens with zero attached hydrogens (tertiary/aromatic N) is 2. The summed E-state index contributed by atoms with van der Waals surface area (Å²) in [5, 5.41) is 0.832. The van der Waals surface area contributed by atoms with Crippen LogP contribution in [0.15, 0.2) is 54.6 Å². The van der Waals surface area contributed by atoms with Gasteiger partial charge in [0.25, 0.3) is 0 Å². The van der Waals surface area contributed by atoms with Gasteiger partial charge in [-0.15, -0.1) is 0 Å². The summed E-state index contributed by atoms with van der Waals surface area (Å²) in [7, 11) is 2.33. The molecule has 1 saturated carbocycles. The van der Waals surface area contributed by atoms with Gasteiger partial charge in [-0.25, -0.2) is 0 Å². The van der Waals surface area contributed by atoms with E-state index in [4.69, 9.17) is 11.6 Å². The van der Waals surface area contributed by atoms with Crippen LogP contribution in [0.1, 0.15) is 64.0 Å². The van der Waals surface area contributed by atoms with Gasteiger partial charge in [-0.1, -0.05) is 74.8 Å². The van der Waals surface area contributed by atoms with Gasteiger partial charge in [-0.2, -0.15) is 0 Å². The summed E-state index contributed by atoms with van der Waals surface area (Å²) in [5.41, 5.74) is 3.02. The van der Waals surface area contributed by atoms with Crippen molar-refractivity contribution in [2.75, 3.05) is 26.7 Å². The molecule has 0 aromatic heterocycles. The lowest BCUT2D eigenvalue weighted by Gasteiger charge is -2.52.